The molecule has 2 aromatic rings. The van der Waals surface area contributed by atoms with Crippen LogP contribution in [0.1, 0.15) is 39.0 Å². The summed E-state index contributed by atoms with van der Waals surface area (Å²) in [4.78, 5) is 24.9. The number of benzene rings is 2. The molecule has 2 saturated carbocycles. The summed E-state index contributed by atoms with van der Waals surface area (Å²) in [6.45, 7) is 2.58. The van der Waals surface area contributed by atoms with E-state index in [1.54, 1.807) is 0 Å². The third-order valence-electron chi connectivity index (χ3n) is 5.91. The first-order chi connectivity index (χ1) is 14.1. The SMILES string of the molecule is CCOc1ccc(Oc2ccc(NC(=O)C3CC4CCCC(C3)C4=O)cc2)cc1. The van der Waals surface area contributed by atoms with Crippen molar-refractivity contribution < 1.29 is 19.1 Å². The van der Waals surface area contributed by atoms with E-state index >= 15 is 0 Å². The van der Waals surface area contributed by atoms with Crippen molar-refractivity contribution in [1.29, 1.82) is 0 Å². The van der Waals surface area contributed by atoms with Crippen LogP contribution in [-0.4, -0.2) is 18.3 Å². The van der Waals surface area contributed by atoms with Crippen molar-refractivity contribution in [3.63, 3.8) is 0 Å². The second-order valence-electron chi connectivity index (χ2n) is 7.92. The summed E-state index contributed by atoms with van der Waals surface area (Å²) in [7, 11) is 0. The van der Waals surface area contributed by atoms with Gasteiger partial charge in [-0.05, 0) is 81.1 Å². The molecule has 2 aliphatic carbocycles. The minimum atomic E-state index is -0.0669. The van der Waals surface area contributed by atoms with E-state index in [1.807, 2.05) is 55.5 Å². The summed E-state index contributed by atoms with van der Waals surface area (Å²) < 4.78 is 11.3. The summed E-state index contributed by atoms with van der Waals surface area (Å²) in [5.41, 5.74) is 0.746. The molecule has 2 aliphatic rings. The lowest BCUT2D eigenvalue weighted by atomic mass is 9.67. The zero-order valence-corrected chi connectivity index (χ0v) is 16.7. The number of hydrogen-bond donors (Lipinski definition) is 1. The van der Waals surface area contributed by atoms with E-state index in [0.29, 0.717) is 31.0 Å². The molecule has 4 rings (SSSR count). The number of rotatable bonds is 6. The fraction of sp³-hybridized carbons (Fsp3) is 0.417. The molecule has 2 bridgehead atoms. The van der Waals surface area contributed by atoms with Crippen LogP contribution in [0.5, 0.6) is 17.2 Å². The topological polar surface area (TPSA) is 64.6 Å². The third kappa shape index (κ3) is 4.61. The highest BCUT2D eigenvalue weighted by Crippen LogP contribution is 2.40. The molecule has 152 valence electrons. The van der Waals surface area contributed by atoms with Crippen molar-refractivity contribution >= 4 is 17.4 Å². The van der Waals surface area contributed by atoms with Crippen molar-refractivity contribution in [1.82, 2.24) is 0 Å². The fourth-order valence-corrected chi connectivity index (χ4v) is 4.45. The smallest absolute Gasteiger partial charge is 0.227 e. The zero-order chi connectivity index (χ0) is 20.2. The molecule has 0 aromatic heterocycles. The van der Waals surface area contributed by atoms with Crippen molar-refractivity contribution in [3.8, 4) is 17.2 Å². The highest BCUT2D eigenvalue weighted by Gasteiger charge is 2.41. The molecule has 2 atom stereocenters. The summed E-state index contributed by atoms with van der Waals surface area (Å²) in [6, 6.07) is 14.8. The van der Waals surface area contributed by atoms with Crippen LogP contribution in [0, 0.1) is 17.8 Å². The molecule has 1 N–H and O–H groups in total. The Kier molecular flexibility index (Phi) is 5.84. The number of ketones is 1. The summed E-state index contributed by atoms with van der Waals surface area (Å²) in [6.07, 6.45) is 4.39. The molecule has 29 heavy (non-hydrogen) atoms. The van der Waals surface area contributed by atoms with Gasteiger partial charge in [0.05, 0.1) is 6.61 Å². The molecule has 2 fully saturated rings. The Hall–Kier alpha value is -2.82. The number of anilines is 1. The van der Waals surface area contributed by atoms with Crippen LogP contribution in [0.25, 0.3) is 0 Å². The first kappa shape index (κ1) is 19.5. The predicted molar refractivity (Wildman–Crippen MR) is 111 cm³/mol. The Balaban J connectivity index is 1.33. The van der Waals surface area contributed by atoms with E-state index in [0.717, 1.165) is 36.4 Å². The summed E-state index contributed by atoms with van der Waals surface area (Å²) >= 11 is 0. The molecule has 0 aliphatic heterocycles. The van der Waals surface area contributed by atoms with Gasteiger partial charge in [-0.3, -0.25) is 9.59 Å². The average Bonchev–Trinajstić information content (AvgIpc) is 2.71. The molecule has 0 spiro atoms. The largest absolute Gasteiger partial charge is 0.494 e. The molecule has 5 heteroatoms. The van der Waals surface area contributed by atoms with E-state index in [1.165, 1.54) is 0 Å². The molecule has 1 amide bonds. The van der Waals surface area contributed by atoms with Gasteiger partial charge in [0.15, 0.2) is 0 Å². The number of carbonyl (C=O) groups is 2. The van der Waals surface area contributed by atoms with E-state index in [-0.39, 0.29) is 23.7 Å². The van der Waals surface area contributed by atoms with Gasteiger partial charge in [-0.2, -0.15) is 0 Å². The Morgan fingerprint density at radius 2 is 1.48 bits per heavy atom. The molecule has 0 saturated heterocycles. The second kappa shape index (κ2) is 8.68. The van der Waals surface area contributed by atoms with Crippen molar-refractivity contribution in [3.05, 3.63) is 48.5 Å². The maximum absolute atomic E-state index is 12.7. The van der Waals surface area contributed by atoms with Crippen molar-refractivity contribution in [2.24, 2.45) is 17.8 Å². The number of nitrogens with one attached hydrogen (secondary N) is 1. The van der Waals surface area contributed by atoms with E-state index in [9.17, 15) is 9.59 Å². The maximum atomic E-state index is 12.7. The molecule has 0 heterocycles. The fourth-order valence-electron chi connectivity index (χ4n) is 4.45. The highest BCUT2D eigenvalue weighted by atomic mass is 16.5. The molecule has 5 nitrogen and oxygen atoms in total. The van der Waals surface area contributed by atoms with Crippen LogP contribution >= 0.6 is 0 Å². The minimum absolute atomic E-state index is 0.0228. The van der Waals surface area contributed by atoms with E-state index in [2.05, 4.69) is 5.32 Å². The van der Waals surface area contributed by atoms with Gasteiger partial charge in [-0.15, -0.1) is 0 Å². The lowest BCUT2D eigenvalue weighted by molar-refractivity contribution is -0.136. The number of Topliss-reactive ketones (excluding diaryl/α,β-unsaturated/α-hetero) is 1. The Morgan fingerprint density at radius 1 is 0.931 bits per heavy atom. The number of fused-ring (bicyclic) bond motifs is 2. The molecule has 2 aromatic carbocycles. The number of ether oxygens (including phenoxy) is 2. The van der Waals surface area contributed by atoms with Gasteiger partial charge in [-0.25, -0.2) is 0 Å². The molecule has 0 radical (unpaired) electrons. The van der Waals surface area contributed by atoms with Crippen molar-refractivity contribution in [2.45, 2.75) is 39.0 Å². The molecular formula is C24H27NO4. The lowest BCUT2D eigenvalue weighted by Crippen LogP contribution is -2.40. The predicted octanol–water partition coefficient (Wildman–Crippen LogP) is 5.21. The summed E-state index contributed by atoms with van der Waals surface area (Å²) in [5, 5.41) is 3.01. The number of amides is 1. The number of hydrogen-bond acceptors (Lipinski definition) is 4. The maximum Gasteiger partial charge on any atom is 0.227 e. The van der Waals surface area contributed by atoms with Crippen LogP contribution in [0.2, 0.25) is 0 Å². The van der Waals surface area contributed by atoms with Gasteiger partial charge < -0.3 is 14.8 Å². The average molecular weight is 393 g/mol. The Labute approximate surface area is 171 Å². The van der Waals surface area contributed by atoms with E-state index < -0.39 is 0 Å². The van der Waals surface area contributed by atoms with Crippen molar-refractivity contribution in [2.75, 3.05) is 11.9 Å². The van der Waals surface area contributed by atoms with Crippen LogP contribution in [0.3, 0.4) is 0 Å². The first-order valence-corrected chi connectivity index (χ1v) is 10.5. The van der Waals surface area contributed by atoms with Gasteiger partial charge in [0.2, 0.25) is 5.91 Å². The first-order valence-electron chi connectivity index (χ1n) is 10.5. The summed E-state index contributed by atoms with van der Waals surface area (Å²) in [5.74, 6) is 2.75. The van der Waals surface area contributed by atoms with Crippen LogP contribution in [0.4, 0.5) is 5.69 Å². The third-order valence-corrected chi connectivity index (χ3v) is 5.91. The van der Waals surface area contributed by atoms with Gasteiger partial charge in [0.1, 0.15) is 23.0 Å². The minimum Gasteiger partial charge on any atom is -0.494 e. The van der Waals surface area contributed by atoms with Gasteiger partial charge >= 0.3 is 0 Å². The van der Waals surface area contributed by atoms with Gasteiger partial charge in [0, 0.05) is 23.4 Å². The van der Waals surface area contributed by atoms with Crippen LogP contribution in [-0.2, 0) is 9.59 Å². The second-order valence-corrected chi connectivity index (χ2v) is 7.92. The Morgan fingerprint density at radius 3 is 2.07 bits per heavy atom. The lowest BCUT2D eigenvalue weighted by Gasteiger charge is -2.36. The highest BCUT2D eigenvalue weighted by molar-refractivity contribution is 5.95. The van der Waals surface area contributed by atoms with Crippen LogP contribution < -0.4 is 14.8 Å². The van der Waals surface area contributed by atoms with Crippen LogP contribution in [0.15, 0.2) is 48.5 Å². The molecular weight excluding hydrogens is 366 g/mol. The molecule has 2 unspecified atom stereocenters. The Bertz CT molecular complexity index is 843. The quantitative estimate of drug-likeness (QED) is 0.731. The monoisotopic (exact) mass is 393 g/mol. The zero-order valence-electron chi connectivity index (χ0n) is 16.7. The van der Waals surface area contributed by atoms with E-state index in [4.69, 9.17) is 9.47 Å². The standard InChI is InChI=1S/C24H27NO4/c1-2-28-20-10-12-22(13-11-20)29-21-8-6-19(7-9-21)25-24(27)18-14-16-4-3-5-17(15-18)23(16)26/h6-13,16-18H,2-5,14-15H2,1H3,(H,25,27). The van der Waals surface area contributed by atoms with Gasteiger partial charge in [-0.1, -0.05) is 6.42 Å². The van der Waals surface area contributed by atoms with Gasteiger partial charge in [0.25, 0.3) is 0 Å². The normalized spacial score (nSPS) is 23.3. The number of carbonyl (C=O) groups excluding carboxylic acids is 2.